The maximum atomic E-state index is 13.8. The average molecular weight is 472 g/mol. The second-order valence-electron chi connectivity index (χ2n) is 7.85. The van der Waals surface area contributed by atoms with Gasteiger partial charge in [-0.2, -0.15) is 13.2 Å². The van der Waals surface area contributed by atoms with Crippen LogP contribution in [0.4, 0.5) is 17.6 Å². The number of nitrogens with zero attached hydrogens (tertiary/aromatic N) is 2. The molecule has 1 unspecified atom stereocenters. The largest absolute Gasteiger partial charge is 0.497 e. The van der Waals surface area contributed by atoms with E-state index in [9.17, 15) is 17.6 Å². The van der Waals surface area contributed by atoms with E-state index in [0.717, 1.165) is 38.2 Å². The fraction of sp³-hybridized carbons (Fsp3) is 0.455. The van der Waals surface area contributed by atoms with Crippen LogP contribution in [-0.4, -0.2) is 65.6 Å². The number of aliphatic carboxylic acids is 1. The minimum atomic E-state index is -5.08. The zero-order valence-corrected chi connectivity index (χ0v) is 17.8. The molecule has 0 amide bonds. The van der Waals surface area contributed by atoms with Gasteiger partial charge in [0.25, 0.3) is 5.88 Å². The van der Waals surface area contributed by atoms with E-state index >= 15 is 0 Å². The van der Waals surface area contributed by atoms with Crippen LogP contribution in [0.15, 0.2) is 42.6 Å². The third-order valence-electron chi connectivity index (χ3n) is 5.28. The molecule has 1 aromatic heterocycles. The van der Waals surface area contributed by atoms with Crippen LogP contribution in [0, 0.1) is 5.82 Å². The van der Waals surface area contributed by atoms with Gasteiger partial charge in [-0.05, 0) is 29.8 Å². The minimum absolute atomic E-state index is 0.0590. The Labute approximate surface area is 187 Å². The minimum Gasteiger partial charge on any atom is -0.497 e. The van der Waals surface area contributed by atoms with Crippen molar-refractivity contribution in [3.63, 3.8) is 0 Å². The first-order valence-corrected chi connectivity index (χ1v) is 10.2. The van der Waals surface area contributed by atoms with Crippen LogP contribution in [0.1, 0.15) is 18.4 Å². The van der Waals surface area contributed by atoms with Crippen molar-refractivity contribution in [2.24, 2.45) is 0 Å². The number of pyridine rings is 1. The topological polar surface area (TPSA) is 81.1 Å². The lowest BCUT2D eigenvalue weighted by atomic mass is 9.84. The zero-order valence-electron chi connectivity index (χ0n) is 17.8. The summed E-state index contributed by atoms with van der Waals surface area (Å²) in [6.45, 7) is 3.25. The molecule has 2 aliphatic heterocycles. The molecule has 2 aromatic rings. The maximum Gasteiger partial charge on any atom is 0.490 e. The van der Waals surface area contributed by atoms with E-state index in [4.69, 9.17) is 24.1 Å². The Morgan fingerprint density at radius 3 is 2.52 bits per heavy atom. The molecule has 4 rings (SSSR count). The van der Waals surface area contributed by atoms with E-state index in [1.807, 2.05) is 12.1 Å². The summed E-state index contributed by atoms with van der Waals surface area (Å²) in [7, 11) is 1.67. The molecule has 11 heteroatoms. The second kappa shape index (κ2) is 10.3. The molecule has 0 aliphatic carbocycles. The normalized spacial score (nSPS) is 19.7. The Hall–Kier alpha value is -2.92. The van der Waals surface area contributed by atoms with Crippen molar-refractivity contribution in [3.8, 4) is 11.6 Å². The predicted octanol–water partition coefficient (Wildman–Crippen LogP) is 3.68. The van der Waals surface area contributed by atoms with Crippen LogP contribution in [0.5, 0.6) is 11.6 Å². The standard InChI is InChI=1S/C20H23FN2O3.C2HF3O2/c1-24-16-6-4-15(5-7-16)12-23-13-20(14-23)11-17(8-10-25-20)26-19-18(21)3-2-9-22-19;3-2(4,5)1(6)7/h2-7,9,17H,8,10-14H2,1H3;(H,6,7). The van der Waals surface area contributed by atoms with Gasteiger partial charge in [0, 0.05) is 38.7 Å². The fourth-order valence-corrected chi connectivity index (χ4v) is 3.79. The highest BCUT2D eigenvalue weighted by Gasteiger charge is 2.48. The van der Waals surface area contributed by atoms with E-state index in [-0.39, 0.29) is 17.6 Å². The number of ether oxygens (including phenoxy) is 3. The van der Waals surface area contributed by atoms with Crippen LogP contribution in [0.2, 0.25) is 0 Å². The predicted molar refractivity (Wildman–Crippen MR) is 108 cm³/mol. The van der Waals surface area contributed by atoms with Gasteiger partial charge in [0.05, 0.1) is 19.3 Å². The van der Waals surface area contributed by atoms with Crippen LogP contribution < -0.4 is 9.47 Å². The highest BCUT2D eigenvalue weighted by Crippen LogP contribution is 2.36. The van der Waals surface area contributed by atoms with Gasteiger partial charge in [0.15, 0.2) is 5.82 Å². The van der Waals surface area contributed by atoms with Crippen molar-refractivity contribution < 1.29 is 41.7 Å². The van der Waals surface area contributed by atoms with Gasteiger partial charge in [0.1, 0.15) is 11.9 Å². The number of rotatable bonds is 5. The summed E-state index contributed by atoms with van der Waals surface area (Å²) in [6.07, 6.45) is -2.07. The Morgan fingerprint density at radius 1 is 1.27 bits per heavy atom. The first-order valence-electron chi connectivity index (χ1n) is 10.2. The van der Waals surface area contributed by atoms with E-state index in [0.29, 0.717) is 6.61 Å². The third kappa shape index (κ3) is 6.78. The Kier molecular flexibility index (Phi) is 7.75. The highest BCUT2D eigenvalue weighted by molar-refractivity contribution is 5.73. The van der Waals surface area contributed by atoms with Gasteiger partial charge in [-0.1, -0.05) is 12.1 Å². The SMILES string of the molecule is COc1ccc(CN2CC3(CC(Oc4ncccc4F)CCO3)C2)cc1.O=C(O)C(F)(F)F. The summed E-state index contributed by atoms with van der Waals surface area (Å²) in [6, 6.07) is 11.1. The third-order valence-corrected chi connectivity index (χ3v) is 5.28. The highest BCUT2D eigenvalue weighted by atomic mass is 19.4. The first kappa shape index (κ1) is 24.7. The summed E-state index contributed by atoms with van der Waals surface area (Å²) >= 11 is 0. The van der Waals surface area contributed by atoms with Gasteiger partial charge in [-0.3, -0.25) is 4.90 Å². The molecule has 0 bridgehead atoms. The molecule has 1 atom stereocenters. The van der Waals surface area contributed by atoms with Crippen LogP contribution in [0.3, 0.4) is 0 Å². The number of carboxylic acids is 1. The number of alkyl halides is 3. The molecule has 2 aliphatic rings. The molecule has 7 nitrogen and oxygen atoms in total. The number of methoxy groups -OCH3 is 1. The average Bonchev–Trinajstić information content (AvgIpc) is 2.75. The van der Waals surface area contributed by atoms with Crippen LogP contribution in [0.25, 0.3) is 0 Å². The lowest BCUT2D eigenvalue weighted by Crippen LogP contribution is -2.65. The number of likely N-dealkylation sites (tertiary alicyclic amines) is 1. The Balaban J connectivity index is 0.000000383. The molecule has 0 saturated carbocycles. The quantitative estimate of drug-likeness (QED) is 0.665. The molecular formula is C22H24F4N2O5. The molecule has 1 N–H and O–H groups in total. The van der Waals surface area contributed by atoms with Crippen LogP contribution in [-0.2, 0) is 16.1 Å². The summed E-state index contributed by atoms with van der Waals surface area (Å²) in [5.74, 6) is -2.22. The number of hydrogen-bond donors (Lipinski definition) is 1. The smallest absolute Gasteiger partial charge is 0.490 e. The molecule has 180 valence electrons. The summed E-state index contributed by atoms with van der Waals surface area (Å²) in [4.78, 5) is 15.2. The number of benzene rings is 1. The van der Waals surface area contributed by atoms with E-state index < -0.39 is 18.0 Å². The molecule has 33 heavy (non-hydrogen) atoms. The summed E-state index contributed by atoms with van der Waals surface area (Å²) in [5, 5.41) is 7.12. The molecule has 1 aromatic carbocycles. The van der Waals surface area contributed by atoms with E-state index in [1.165, 1.54) is 11.6 Å². The lowest BCUT2D eigenvalue weighted by Gasteiger charge is -2.53. The monoisotopic (exact) mass is 472 g/mol. The number of carboxylic acid groups (broad SMARTS) is 1. The van der Waals surface area contributed by atoms with Crippen molar-refractivity contribution >= 4 is 5.97 Å². The van der Waals surface area contributed by atoms with Gasteiger partial charge in [-0.25, -0.2) is 14.2 Å². The fourth-order valence-electron chi connectivity index (χ4n) is 3.79. The van der Waals surface area contributed by atoms with Crippen molar-refractivity contribution in [1.82, 2.24) is 9.88 Å². The van der Waals surface area contributed by atoms with Gasteiger partial charge < -0.3 is 19.3 Å². The van der Waals surface area contributed by atoms with Crippen molar-refractivity contribution in [1.29, 1.82) is 0 Å². The van der Waals surface area contributed by atoms with Crippen molar-refractivity contribution in [2.45, 2.75) is 37.3 Å². The first-order chi connectivity index (χ1) is 15.6. The molecule has 2 fully saturated rings. The van der Waals surface area contributed by atoms with E-state index in [2.05, 4.69) is 22.0 Å². The van der Waals surface area contributed by atoms with Crippen molar-refractivity contribution in [2.75, 3.05) is 26.8 Å². The maximum absolute atomic E-state index is 13.8. The molecule has 0 radical (unpaired) electrons. The number of halogens is 4. The Morgan fingerprint density at radius 2 is 1.94 bits per heavy atom. The second-order valence-corrected chi connectivity index (χ2v) is 7.85. The molecule has 1 spiro atoms. The van der Waals surface area contributed by atoms with Gasteiger partial charge in [-0.15, -0.1) is 0 Å². The molecule has 3 heterocycles. The van der Waals surface area contributed by atoms with E-state index in [1.54, 1.807) is 19.4 Å². The number of hydrogen-bond acceptors (Lipinski definition) is 6. The molecular weight excluding hydrogens is 448 g/mol. The van der Waals surface area contributed by atoms with Gasteiger partial charge in [0.2, 0.25) is 0 Å². The van der Waals surface area contributed by atoms with Crippen LogP contribution >= 0.6 is 0 Å². The van der Waals surface area contributed by atoms with Crippen molar-refractivity contribution in [3.05, 3.63) is 54.0 Å². The summed E-state index contributed by atoms with van der Waals surface area (Å²) < 4.78 is 62.5. The number of aromatic nitrogens is 1. The molecule has 2 saturated heterocycles. The zero-order chi connectivity index (χ0) is 24.1. The number of carbonyl (C=O) groups is 1. The lowest BCUT2D eigenvalue weighted by molar-refractivity contribution is -0.192. The van der Waals surface area contributed by atoms with Gasteiger partial charge >= 0.3 is 12.1 Å². The summed E-state index contributed by atoms with van der Waals surface area (Å²) in [5.41, 5.74) is 1.07. The Bertz CT molecular complexity index is 933.